The summed E-state index contributed by atoms with van der Waals surface area (Å²) in [6, 6.07) is 5.32. The molecule has 1 fully saturated rings. The SMILES string of the molecule is NCC1(C(=O)Nc2ccc3ncoc3c2)COC1. The predicted octanol–water partition coefficient (Wildman–Crippen LogP) is 0.742. The number of nitrogens with one attached hydrogen (secondary N) is 1. The summed E-state index contributed by atoms with van der Waals surface area (Å²) in [7, 11) is 0. The molecule has 1 aromatic heterocycles. The Bertz CT molecular complexity index is 584. The molecule has 1 aliphatic rings. The van der Waals surface area contributed by atoms with Gasteiger partial charge in [0.1, 0.15) is 10.9 Å². The molecule has 3 rings (SSSR count). The third kappa shape index (κ3) is 1.66. The van der Waals surface area contributed by atoms with Crippen molar-refractivity contribution in [2.45, 2.75) is 0 Å². The lowest BCUT2D eigenvalue weighted by molar-refractivity contribution is -0.153. The van der Waals surface area contributed by atoms with Crippen LogP contribution >= 0.6 is 0 Å². The van der Waals surface area contributed by atoms with Gasteiger partial charge in [-0.15, -0.1) is 0 Å². The topological polar surface area (TPSA) is 90.4 Å². The number of anilines is 1. The molecule has 6 nitrogen and oxygen atoms in total. The predicted molar refractivity (Wildman–Crippen MR) is 64.9 cm³/mol. The summed E-state index contributed by atoms with van der Waals surface area (Å²) in [5, 5.41) is 2.83. The van der Waals surface area contributed by atoms with Crippen molar-refractivity contribution in [1.82, 2.24) is 4.98 Å². The van der Waals surface area contributed by atoms with E-state index in [0.717, 1.165) is 5.52 Å². The highest BCUT2D eigenvalue weighted by Crippen LogP contribution is 2.28. The van der Waals surface area contributed by atoms with Crippen LogP contribution in [0, 0.1) is 5.41 Å². The van der Waals surface area contributed by atoms with Gasteiger partial charge in [-0.2, -0.15) is 0 Å². The molecule has 2 aromatic rings. The monoisotopic (exact) mass is 247 g/mol. The highest BCUT2D eigenvalue weighted by atomic mass is 16.5. The summed E-state index contributed by atoms with van der Waals surface area (Å²) >= 11 is 0. The zero-order chi connectivity index (χ0) is 12.6. The molecule has 0 saturated carbocycles. The largest absolute Gasteiger partial charge is 0.443 e. The van der Waals surface area contributed by atoms with Gasteiger partial charge in [0.25, 0.3) is 0 Å². The average molecular weight is 247 g/mol. The Hall–Kier alpha value is -1.92. The van der Waals surface area contributed by atoms with Gasteiger partial charge in [-0.3, -0.25) is 4.79 Å². The van der Waals surface area contributed by atoms with Crippen molar-refractivity contribution in [2.75, 3.05) is 25.1 Å². The molecule has 1 aliphatic heterocycles. The Labute approximate surface area is 103 Å². The molecule has 0 radical (unpaired) electrons. The third-order valence-electron chi connectivity index (χ3n) is 3.22. The number of rotatable bonds is 3. The quantitative estimate of drug-likeness (QED) is 0.834. The first kappa shape index (κ1) is 11.2. The van der Waals surface area contributed by atoms with E-state index >= 15 is 0 Å². The lowest BCUT2D eigenvalue weighted by Gasteiger charge is -2.38. The maximum atomic E-state index is 12.1. The maximum absolute atomic E-state index is 12.1. The number of ether oxygens (including phenoxy) is 1. The van der Waals surface area contributed by atoms with Crippen LogP contribution in [0.4, 0.5) is 5.69 Å². The maximum Gasteiger partial charge on any atom is 0.236 e. The fourth-order valence-corrected chi connectivity index (χ4v) is 1.89. The van der Waals surface area contributed by atoms with E-state index < -0.39 is 5.41 Å². The fraction of sp³-hybridized carbons (Fsp3) is 0.333. The molecular weight excluding hydrogens is 234 g/mol. The lowest BCUT2D eigenvalue weighted by Crippen LogP contribution is -2.56. The van der Waals surface area contributed by atoms with Crippen LogP contribution in [0.3, 0.4) is 0 Å². The first-order chi connectivity index (χ1) is 8.73. The van der Waals surface area contributed by atoms with Crippen LogP contribution in [0.15, 0.2) is 29.0 Å². The first-order valence-corrected chi connectivity index (χ1v) is 5.66. The second-order valence-corrected chi connectivity index (χ2v) is 4.47. The van der Waals surface area contributed by atoms with E-state index in [0.29, 0.717) is 24.5 Å². The van der Waals surface area contributed by atoms with Gasteiger partial charge in [-0.1, -0.05) is 0 Å². The van der Waals surface area contributed by atoms with Gasteiger partial charge in [0.15, 0.2) is 12.0 Å². The van der Waals surface area contributed by atoms with Gasteiger partial charge in [0.2, 0.25) is 5.91 Å². The molecule has 0 atom stereocenters. The zero-order valence-corrected chi connectivity index (χ0v) is 9.68. The highest BCUT2D eigenvalue weighted by molar-refractivity contribution is 5.97. The molecule has 1 aromatic carbocycles. The van der Waals surface area contributed by atoms with Crippen LogP contribution in [0.25, 0.3) is 11.1 Å². The normalized spacial score (nSPS) is 17.4. The van der Waals surface area contributed by atoms with Gasteiger partial charge in [-0.25, -0.2) is 4.98 Å². The molecule has 18 heavy (non-hydrogen) atoms. The van der Waals surface area contributed by atoms with Crippen LogP contribution in [0.2, 0.25) is 0 Å². The number of carbonyl (C=O) groups excluding carboxylic acids is 1. The van der Waals surface area contributed by atoms with Crippen LogP contribution in [0.5, 0.6) is 0 Å². The number of nitrogens with zero attached hydrogens (tertiary/aromatic N) is 1. The molecule has 0 aliphatic carbocycles. The van der Waals surface area contributed by atoms with Crippen molar-refractivity contribution < 1.29 is 13.9 Å². The molecule has 3 N–H and O–H groups in total. The molecule has 0 bridgehead atoms. The Morgan fingerprint density at radius 3 is 3.00 bits per heavy atom. The number of oxazole rings is 1. The van der Waals surface area contributed by atoms with Gasteiger partial charge in [0.05, 0.1) is 13.2 Å². The molecule has 94 valence electrons. The van der Waals surface area contributed by atoms with Crippen molar-refractivity contribution in [1.29, 1.82) is 0 Å². The molecule has 0 unspecified atom stereocenters. The minimum absolute atomic E-state index is 0.116. The minimum atomic E-state index is -0.587. The van der Waals surface area contributed by atoms with Gasteiger partial charge < -0.3 is 20.2 Å². The number of aromatic nitrogens is 1. The third-order valence-corrected chi connectivity index (χ3v) is 3.22. The minimum Gasteiger partial charge on any atom is -0.443 e. The van der Waals surface area contributed by atoms with Crippen molar-refractivity contribution in [3.05, 3.63) is 24.6 Å². The fourth-order valence-electron chi connectivity index (χ4n) is 1.89. The summed E-state index contributed by atoms with van der Waals surface area (Å²) in [4.78, 5) is 16.1. The summed E-state index contributed by atoms with van der Waals surface area (Å²) in [5.41, 5.74) is 7.11. The van der Waals surface area contributed by atoms with E-state index in [1.54, 1.807) is 18.2 Å². The average Bonchev–Trinajstić information content (AvgIpc) is 2.75. The Morgan fingerprint density at radius 2 is 2.33 bits per heavy atom. The lowest BCUT2D eigenvalue weighted by atomic mass is 9.85. The smallest absolute Gasteiger partial charge is 0.236 e. The van der Waals surface area contributed by atoms with Crippen LogP contribution < -0.4 is 11.1 Å². The van der Waals surface area contributed by atoms with Gasteiger partial charge >= 0.3 is 0 Å². The summed E-state index contributed by atoms with van der Waals surface area (Å²) < 4.78 is 10.3. The van der Waals surface area contributed by atoms with Gasteiger partial charge in [0, 0.05) is 18.3 Å². The van der Waals surface area contributed by atoms with Crippen LogP contribution in [0.1, 0.15) is 0 Å². The Kier molecular flexibility index (Phi) is 2.53. The highest BCUT2D eigenvalue weighted by Gasteiger charge is 2.44. The number of hydrogen-bond donors (Lipinski definition) is 2. The Morgan fingerprint density at radius 1 is 1.50 bits per heavy atom. The number of amides is 1. The number of nitrogens with two attached hydrogens (primary N) is 1. The second kappa shape index (κ2) is 4.08. The molecule has 1 saturated heterocycles. The first-order valence-electron chi connectivity index (χ1n) is 5.66. The molecular formula is C12H13N3O3. The van der Waals surface area contributed by atoms with E-state index in [-0.39, 0.29) is 12.5 Å². The van der Waals surface area contributed by atoms with E-state index in [2.05, 4.69) is 10.3 Å². The standard InChI is InChI=1S/C12H13N3O3/c13-4-12(5-17-6-12)11(16)15-8-1-2-9-10(3-8)18-7-14-9/h1-3,7H,4-6,13H2,(H,15,16). The van der Waals surface area contributed by atoms with Crippen LogP contribution in [-0.2, 0) is 9.53 Å². The van der Waals surface area contributed by atoms with E-state index in [1.165, 1.54) is 6.39 Å². The van der Waals surface area contributed by atoms with Gasteiger partial charge in [-0.05, 0) is 12.1 Å². The van der Waals surface area contributed by atoms with Crippen molar-refractivity contribution in [3.8, 4) is 0 Å². The molecule has 0 spiro atoms. The van der Waals surface area contributed by atoms with E-state index in [4.69, 9.17) is 14.9 Å². The van der Waals surface area contributed by atoms with E-state index in [9.17, 15) is 4.79 Å². The number of hydrogen-bond acceptors (Lipinski definition) is 5. The Balaban J connectivity index is 1.81. The summed E-state index contributed by atoms with van der Waals surface area (Å²) in [6.45, 7) is 1.03. The van der Waals surface area contributed by atoms with E-state index in [1.807, 2.05) is 0 Å². The number of benzene rings is 1. The zero-order valence-electron chi connectivity index (χ0n) is 9.68. The van der Waals surface area contributed by atoms with Crippen molar-refractivity contribution >= 4 is 22.7 Å². The van der Waals surface area contributed by atoms with Crippen LogP contribution in [-0.4, -0.2) is 30.6 Å². The second-order valence-electron chi connectivity index (χ2n) is 4.47. The van der Waals surface area contributed by atoms with Crippen molar-refractivity contribution in [3.63, 3.8) is 0 Å². The summed E-state index contributed by atoms with van der Waals surface area (Å²) in [5.74, 6) is -0.116. The van der Waals surface area contributed by atoms with Crippen molar-refractivity contribution in [2.24, 2.45) is 11.1 Å². The number of fused-ring (bicyclic) bond motifs is 1. The molecule has 1 amide bonds. The molecule has 6 heteroatoms. The molecule has 2 heterocycles. The number of carbonyl (C=O) groups is 1. The summed E-state index contributed by atoms with van der Waals surface area (Å²) in [6.07, 6.45) is 1.37.